The first-order valence-electron chi connectivity index (χ1n) is 7.76. The van der Waals surface area contributed by atoms with Crippen molar-refractivity contribution in [3.05, 3.63) is 46.8 Å². The van der Waals surface area contributed by atoms with E-state index in [0.717, 1.165) is 11.4 Å². The number of hydrogen-bond donors (Lipinski definition) is 1. The lowest BCUT2D eigenvalue weighted by atomic mass is 10.2. The van der Waals surface area contributed by atoms with Gasteiger partial charge in [0.25, 0.3) is 18.3 Å². The summed E-state index contributed by atoms with van der Waals surface area (Å²) in [7, 11) is 1.50. The van der Waals surface area contributed by atoms with Gasteiger partial charge in [-0.15, -0.1) is 0 Å². The number of nitrogens with one attached hydrogen (secondary N) is 1. The summed E-state index contributed by atoms with van der Waals surface area (Å²) in [5.41, 5.74) is 1.67. The molecule has 136 valence electrons. The molecule has 3 aromatic heterocycles. The minimum atomic E-state index is -2.79. The molecule has 1 N–H and O–H groups in total. The molecule has 0 unspecified atom stereocenters. The van der Waals surface area contributed by atoms with Gasteiger partial charge in [0.05, 0.1) is 16.9 Å². The Morgan fingerprint density at radius 3 is 2.38 bits per heavy atom. The minimum absolute atomic E-state index is 0.0395. The Hall–Kier alpha value is -3.17. The van der Waals surface area contributed by atoms with E-state index in [9.17, 15) is 13.6 Å². The predicted octanol–water partition coefficient (Wildman–Crippen LogP) is 2.51. The molecule has 1 amide bonds. The van der Waals surface area contributed by atoms with Crippen LogP contribution in [0.15, 0.2) is 18.5 Å². The monoisotopic (exact) mass is 361 g/mol. The van der Waals surface area contributed by atoms with E-state index in [2.05, 4.69) is 25.5 Å². The molecule has 0 saturated heterocycles. The fourth-order valence-corrected chi connectivity index (χ4v) is 2.55. The second-order valence-corrected chi connectivity index (χ2v) is 5.88. The van der Waals surface area contributed by atoms with Crippen molar-refractivity contribution < 1.29 is 13.6 Å². The van der Waals surface area contributed by atoms with E-state index in [-0.39, 0.29) is 11.3 Å². The molecule has 0 aromatic carbocycles. The van der Waals surface area contributed by atoms with Crippen molar-refractivity contribution in [1.29, 1.82) is 0 Å². The Kier molecular flexibility index (Phi) is 4.49. The summed E-state index contributed by atoms with van der Waals surface area (Å²) in [6.45, 7) is 5.30. The van der Waals surface area contributed by atoms with Gasteiger partial charge in [-0.2, -0.15) is 10.2 Å². The van der Waals surface area contributed by atoms with Crippen LogP contribution >= 0.6 is 0 Å². The number of aromatic nitrogens is 6. The molecular formula is C16H17F2N7O. The SMILES string of the molecule is Cc1cc(C)nc(-n2cc(C(=O)Nc3cn(C)nc3C(F)F)c(C)n2)n1. The first-order chi connectivity index (χ1) is 12.2. The normalized spacial score (nSPS) is 11.2. The average Bonchev–Trinajstić information content (AvgIpc) is 3.09. The molecule has 0 fully saturated rings. The highest BCUT2D eigenvalue weighted by molar-refractivity contribution is 6.05. The summed E-state index contributed by atoms with van der Waals surface area (Å²) in [6.07, 6.45) is 0.00251. The summed E-state index contributed by atoms with van der Waals surface area (Å²) in [4.78, 5) is 21.1. The highest BCUT2D eigenvalue weighted by Gasteiger charge is 2.22. The molecule has 3 rings (SSSR count). The van der Waals surface area contributed by atoms with E-state index in [1.54, 1.807) is 6.92 Å². The number of carbonyl (C=O) groups excluding carboxylic acids is 1. The van der Waals surface area contributed by atoms with Crippen LogP contribution in [0, 0.1) is 20.8 Å². The van der Waals surface area contributed by atoms with E-state index < -0.39 is 18.0 Å². The van der Waals surface area contributed by atoms with Crippen molar-refractivity contribution in [2.45, 2.75) is 27.2 Å². The predicted molar refractivity (Wildman–Crippen MR) is 89.5 cm³/mol. The molecule has 26 heavy (non-hydrogen) atoms. The lowest BCUT2D eigenvalue weighted by Crippen LogP contribution is -2.13. The van der Waals surface area contributed by atoms with E-state index >= 15 is 0 Å². The topological polar surface area (TPSA) is 90.5 Å². The number of rotatable bonds is 4. The van der Waals surface area contributed by atoms with E-state index in [0.29, 0.717) is 11.6 Å². The van der Waals surface area contributed by atoms with Crippen LogP contribution in [0.2, 0.25) is 0 Å². The molecule has 0 spiro atoms. The number of halogens is 2. The van der Waals surface area contributed by atoms with E-state index in [1.165, 1.54) is 28.8 Å². The zero-order chi connectivity index (χ0) is 19.0. The molecule has 10 heteroatoms. The van der Waals surface area contributed by atoms with Crippen LogP contribution in [0.5, 0.6) is 0 Å². The van der Waals surface area contributed by atoms with Gasteiger partial charge in [-0.1, -0.05) is 0 Å². The molecule has 0 atom stereocenters. The number of hydrogen-bond acceptors (Lipinski definition) is 5. The van der Waals surface area contributed by atoms with Gasteiger partial charge in [0.1, 0.15) is 0 Å². The van der Waals surface area contributed by atoms with E-state index in [1.807, 2.05) is 19.9 Å². The Labute approximate surface area is 147 Å². The molecular weight excluding hydrogens is 344 g/mol. The van der Waals surface area contributed by atoms with Crippen molar-refractivity contribution in [3.63, 3.8) is 0 Å². The molecule has 0 aliphatic carbocycles. The van der Waals surface area contributed by atoms with Crippen LogP contribution in [0.1, 0.15) is 39.6 Å². The third-order valence-electron chi connectivity index (χ3n) is 3.63. The fraction of sp³-hybridized carbons (Fsp3) is 0.312. The number of alkyl halides is 2. The molecule has 8 nitrogen and oxygen atoms in total. The third-order valence-corrected chi connectivity index (χ3v) is 3.63. The van der Waals surface area contributed by atoms with Gasteiger partial charge in [0.2, 0.25) is 0 Å². The maximum atomic E-state index is 13.0. The Morgan fingerprint density at radius 1 is 1.12 bits per heavy atom. The smallest absolute Gasteiger partial charge is 0.284 e. The second kappa shape index (κ2) is 6.62. The Morgan fingerprint density at radius 2 is 1.77 bits per heavy atom. The van der Waals surface area contributed by atoms with Crippen molar-refractivity contribution in [3.8, 4) is 5.95 Å². The maximum Gasteiger partial charge on any atom is 0.284 e. The summed E-state index contributed by atoms with van der Waals surface area (Å²) in [5.74, 6) is -0.229. The highest BCUT2D eigenvalue weighted by Crippen LogP contribution is 2.25. The minimum Gasteiger partial charge on any atom is -0.319 e. The highest BCUT2D eigenvalue weighted by atomic mass is 19.3. The van der Waals surface area contributed by atoms with Gasteiger partial charge in [0, 0.05) is 30.8 Å². The van der Waals surface area contributed by atoms with Gasteiger partial charge in [-0.3, -0.25) is 9.48 Å². The number of carbonyl (C=O) groups is 1. The molecule has 0 bridgehead atoms. The van der Waals surface area contributed by atoms with Crippen molar-refractivity contribution in [2.24, 2.45) is 7.05 Å². The number of nitrogens with zero attached hydrogens (tertiary/aromatic N) is 6. The fourth-order valence-electron chi connectivity index (χ4n) is 2.55. The first-order valence-corrected chi connectivity index (χ1v) is 7.76. The zero-order valence-electron chi connectivity index (χ0n) is 14.7. The summed E-state index contributed by atoms with van der Waals surface area (Å²) in [5, 5.41) is 10.4. The lowest BCUT2D eigenvalue weighted by Gasteiger charge is -2.04. The standard InChI is InChI=1S/C16H17F2N7O/c1-8-5-9(2)20-16(19-8)25-6-11(10(3)22-25)15(26)21-12-7-24(4)23-13(12)14(17)18/h5-7,14H,1-4H3,(H,21,26). The van der Waals surface area contributed by atoms with Crippen LogP contribution < -0.4 is 5.32 Å². The van der Waals surface area contributed by atoms with Crippen LogP contribution in [0.3, 0.4) is 0 Å². The summed E-state index contributed by atoms with van der Waals surface area (Å²) < 4.78 is 28.6. The third kappa shape index (κ3) is 3.44. The van der Waals surface area contributed by atoms with Crippen LogP contribution in [-0.4, -0.2) is 35.4 Å². The first kappa shape index (κ1) is 17.6. The summed E-state index contributed by atoms with van der Waals surface area (Å²) in [6, 6.07) is 1.82. The van der Waals surface area contributed by atoms with Gasteiger partial charge in [-0.05, 0) is 26.8 Å². The zero-order valence-corrected chi connectivity index (χ0v) is 14.7. The molecule has 0 radical (unpaired) electrons. The largest absolute Gasteiger partial charge is 0.319 e. The number of amides is 1. The summed E-state index contributed by atoms with van der Waals surface area (Å²) >= 11 is 0. The van der Waals surface area contributed by atoms with Crippen molar-refractivity contribution >= 4 is 11.6 Å². The van der Waals surface area contributed by atoms with Gasteiger partial charge >= 0.3 is 0 Å². The van der Waals surface area contributed by atoms with Gasteiger partial charge in [0.15, 0.2) is 5.69 Å². The average molecular weight is 361 g/mol. The Balaban J connectivity index is 1.91. The molecule has 0 aliphatic heterocycles. The van der Waals surface area contributed by atoms with Crippen LogP contribution in [0.4, 0.5) is 14.5 Å². The van der Waals surface area contributed by atoms with E-state index in [4.69, 9.17) is 0 Å². The quantitative estimate of drug-likeness (QED) is 0.771. The van der Waals surface area contributed by atoms with Gasteiger partial charge in [-0.25, -0.2) is 23.4 Å². The second-order valence-electron chi connectivity index (χ2n) is 5.88. The number of anilines is 1. The van der Waals surface area contributed by atoms with Crippen LogP contribution in [-0.2, 0) is 7.05 Å². The van der Waals surface area contributed by atoms with Crippen molar-refractivity contribution in [1.82, 2.24) is 29.5 Å². The Bertz CT molecular complexity index is 957. The molecule has 0 aliphatic rings. The number of aryl methyl sites for hydroxylation is 4. The molecule has 3 aromatic rings. The van der Waals surface area contributed by atoms with Gasteiger partial charge < -0.3 is 5.32 Å². The molecule has 3 heterocycles. The maximum absolute atomic E-state index is 13.0. The molecule has 0 saturated carbocycles. The van der Waals surface area contributed by atoms with Crippen LogP contribution in [0.25, 0.3) is 5.95 Å². The lowest BCUT2D eigenvalue weighted by molar-refractivity contribution is 0.102. The van der Waals surface area contributed by atoms with Crippen molar-refractivity contribution in [2.75, 3.05) is 5.32 Å².